The van der Waals surface area contributed by atoms with Gasteiger partial charge in [0.15, 0.2) is 0 Å². The van der Waals surface area contributed by atoms with Gasteiger partial charge in [-0.2, -0.15) is 0 Å². The van der Waals surface area contributed by atoms with Gasteiger partial charge in [-0.05, 0) is 30.7 Å². The van der Waals surface area contributed by atoms with Gasteiger partial charge in [0.25, 0.3) is 0 Å². The lowest BCUT2D eigenvalue weighted by molar-refractivity contribution is 0.559. The molecule has 0 saturated heterocycles. The summed E-state index contributed by atoms with van der Waals surface area (Å²) in [5, 5.41) is 0. The summed E-state index contributed by atoms with van der Waals surface area (Å²) >= 11 is 1.90. The zero-order chi connectivity index (χ0) is 10.7. The molecular weight excluding hydrogens is 206 g/mol. The van der Waals surface area contributed by atoms with E-state index in [1.165, 1.54) is 16.0 Å². The molecule has 1 aromatic rings. The Morgan fingerprint density at radius 3 is 3.27 bits per heavy atom. The molecule has 0 aromatic heterocycles. The van der Waals surface area contributed by atoms with E-state index in [1.807, 2.05) is 11.8 Å². The number of aliphatic imine (C=N–C) groups is 1. The largest absolute Gasteiger partial charge is 0.234 e. The number of rotatable bonds is 2. The number of benzene rings is 1. The minimum atomic E-state index is 0.406. The van der Waals surface area contributed by atoms with Gasteiger partial charge in [-0.3, -0.25) is 0 Å². The predicted octanol–water partition coefficient (Wildman–Crippen LogP) is 2.91. The Morgan fingerprint density at radius 1 is 1.60 bits per heavy atom. The fraction of sp³-hybridized carbons (Fsp3) is 0.417. The summed E-state index contributed by atoms with van der Waals surface area (Å²) in [6, 6.07) is 6.51. The van der Waals surface area contributed by atoms with Gasteiger partial charge in [0, 0.05) is 10.8 Å². The lowest BCUT2D eigenvalue weighted by Gasteiger charge is -2.23. The molecular formula is C12H13NOS. The van der Waals surface area contributed by atoms with E-state index in [9.17, 15) is 4.79 Å². The van der Waals surface area contributed by atoms with E-state index in [1.54, 1.807) is 6.08 Å². The second-order valence-corrected chi connectivity index (χ2v) is 4.94. The van der Waals surface area contributed by atoms with E-state index in [0.717, 1.165) is 12.2 Å². The van der Waals surface area contributed by atoms with Gasteiger partial charge in [-0.1, -0.05) is 17.7 Å². The van der Waals surface area contributed by atoms with Gasteiger partial charge >= 0.3 is 0 Å². The summed E-state index contributed by atoms with van der Waals surface area (Å²) in [4.78, 5) is 15.2. The van der Waals surface area contributed by atoms with Gasteiger partial charge in [0.1, 0.15) is 0 Å². The minimum absolute atomic E-state index is 0.406. The Kier molecular flexibility index (Phi) is 3.24. The predicted molar refractivity (Wildman–Crippen MR) is 62.2 cm³/mol. The molecule has 1 atom stereocenters. The number of nitrogens with zero attached hydrogens (tertiary/aromatic N) is 1. The first kappa shape index (κ1) is 10.5. The van der Waals surface area contributed by atoms with Crippen molar-refractivity contribution in [1.29, 1.82) is 0 Å². The summed E-state index contributed by atoms with van der Waals surface area (Å²) in [6.07, 6.45) is 2.73. The minimum Gasteiger partial charge on any atom is -0.211 e. The third-order valence-corrected chi connectivity index (χ3v) is 3.81. The van der Waals surface area contributed by atoms with Crippen molar-refractivity contribution >= 4 is 17.8 Å². The van der Waals surface area contributed by atoms with E-state index in [2.05, 4.69) is 30.1 Å². The van der Waals surface area contributed by atoms with Crippen LogP contribution in [0.5, 0.6) is 0 Å². The highest BCUT2D eigenvalue weighted by molar-refractivity contribution is 7.99. The number of thioether (sulfide) groups is 1. The number of isocyanates is 1. The number of carbonyl (C=O) groups excluding carboxylic acids is 1. The average molecular weight is 219 g/mol. The van der Waals surface area contributed by atoms with E-state index in [-0.39, 0.29) is 0 Å². The molecule has 3 heteroatoms. The first-order chi connectivity index (χ1) is 7.31. The smallest absolute Gasteiger partial charge is 0.211 e. The number of hydrogen-bond donors (Lipinski definition) is 0. The van der Waals surface area contributed by atoms with E-state index >= 15 is 0 Å². The highest BCUT2D eigenvalue weighted by Gasteiger charge is 2.20. The molecule has 2 rings (SSSR count). The number of aryl methyl sites for hydroxylation is 1. The van der Waals surface area contributed by atoms with Crippen molar-refractivity contribution in [3.63, 3.8) is 0 Å². The maximum Gasteiger partial charge on any atom is 0.234 e. The summed E-state index contributed by atoms with van der Waals surface area (Å²) in [6.45, 7) is 2.69. The SMILES string of the molecule is Cc1ccc2c(c1)SCCC2CN=C=O. The van der Waals surface area contributed by atoms with Crippen LogP contribution in [0, 0.1) is 6.92 Å². The van der Waals surface area contributed by atoms with Gasteiger partial charge in [0.2, 0.25) is 6.08 Å². The standard InChI is InChI=1S/C12H13NOS/c1-9-2-3-11-10(7-13-8-14)4-5-15-12(11)6-9/h2-3,6,10H,4-5,7H2,1H3. The van der Waals surface area contributed by atoms with Crippen LogP contribution in [0.15, 0.2) is 28.1 Å². The molecule has 0 amide bonds. The van der Waals surface area contributed by atoms with Crippen molar-refractivity contribution in [2.75, 3.05) is 12.3 Å². The summed E-state index contributed by atoms with van der Waals surface area (Å²) in [7, 11) is 0. The molecule has 0 spiro atoms. The highest BCUT2D eigenvalue weighted by Crippen LogP contribution is 2.37. The zero-order valence-corrected chi connectivity index (χ0v) is 9.51. The molecule has 0 fully saturated rings. The molecule has 1 aromatic carbocycles. The van der Waals surface area contributed by atoms with Crippen molar-refractivity contribution < 1.29 is 4.79 Å². The maximum atomic E-state index is 10.1. The molecule has 0 bridgehead atoms. The summed E-state index contributed by atoms with van der Waals surface area (Å²) < 4.78 is 0. The van der Waals surface area contributed by atoms with E-state index < -0.39 is 0 Å². The first-order valence-electron chi connectivity index (χ1n) is 5.08. The molecule has 0 aliphatic carbocycles. The normalized spacial score (nSPS) is 19.1. The fourth-order valence-corrected chi connectivity index (χ4v) is 3.20. The van der Waals surface area contributed by atoms with Crippen molar-refractivity contribution in [2.24, 2.45) is 4.99 Å². The molecule has 1 aliphatic heterocycles. The van der Waals surface area contributed by atoms with Gasteiger partial charge < -0.3 is 0 Å². The van der Waals surface area contributed by atoms with E-state index in [0.29, 0.717) is 12.5 Å². The van der Waals surface area contributed by atoms with Crippen LogP contribution in [0.25, 0.3) is 0 Å². The van der Waals surface area contributed by atoms with Gasteiger partial charge in [-0.25, -0.2) is 9.79 Å². The molecule has 1 unspecified atom stereocenters. The topological polar surface area (TPSA) is 29.4 Å². The molecule has 15 heavy (non-hydrogen) atoms. The monoisotopic (exact) mass is 219 g/mol. The number of fused-ring (bicyclic) bond motifs is 1. The Balaban J connectivity index is 2.29. The Bertz CT molecular complexity index is 410. The average Bonchev–Trinajstić information content (AvgIpc) is 2.25. The Labute approximate surface area is 93.8 Å². The van der Waals surface area contributed by atoms with Crippen LogP contribution in [-0.4, -0.2) is 18.4 Å². The maximum absolute atomic E-state index is 10.1. The zero-order valence-electron chi connectivity index (χ0n) is 8.69. The van der Waals surface area contributed by atoms with Crippen LogP contribution in [0.4, 0.5) is 0 Å². The molecule has 1 heterocycles. The van der Waals surface area contributed by atoms with Gasteiger partial charge in [-0.15, -0.1) is 11.8 Å². The van der Waals surface area contributed by atoms with Crippen molar-refractivity contribution in [2.45, 2.75) is 24.2 Å². The Hall–Kier alpha value is -1.05. The quantitative estimate of drug-likeness (QED) is 0.565. The second-order valence-electron chi connectivity index (χ2n) is 3.81. The molecule has 78 valence electrons. The molecule has 2 nitrogen and oxygen atoms in total. The van der Waals surface area contributed by atoms with Crippen LogP contribution in [0.2, 0.25) is 0 Å². The summed E-state index contributed by atoms with van der Waals surface area (Å²) in [5.74, 6) is 1.53. The van der Waals surface area contributed by atoms with Gasteiger partial charge in [0.05, 0.1) is 6.54 Å². The molecule has 0 N–H and O–H groups in total. The Morgan fingerprint density at radius 2 is 2.47 bits per heavy atom. The number of hydrogen-bond acceptors (Lipinski definition) is 3. The van der Waals surface area contributed by atoms with Crippen molar-refractivity contribution in [1.82, 2.24) is 0 Å². The summed E-state index contributed by atoms with van der Waals surface area (Å²) in [5.41, 5.74) is 2.64. The van der Waals surface area contributed by atoms with Crippen LogP contribution in [0.1, 0.15) is 23.5 Å². The lowest BCUT2D eigenvalue weighted by atomic mass is 9.95. The molecule has 0 radical (unpaired) electrons. The molecule has 0 saturated carbocycles. The second kappa shape index (κ2) is 4.65. The first-order valence-corrected chi connectivity index (χ1v) is 6.07. The van der Waals surface area contributed by atoms with Crippen LogP contribution < -0.4 is 0 Å². The van der Waals surface area contributed by atoms with Crippen LogP contribution in [0.3, 0.4) is 0 Å². The van der Waals surface area contributed by atoms with Crippen LogP contribution in [-0.2, 0) is 4.79 Å². The van der Waals surface area contributed by atoms with Crippen molar-refractivity contribution in [3.8, 4) is 0 Å². The fourth-order valence-electron chi connectivity index (χ4n) is 1.91. The molecule has 1 aliphatic rings. The third-order valence-electron chi connectivity index (χ3n) is 2.71. The van der Waals surface area contributed by atoms with Crippen LogP contribution >= 0.6 is 11.8 Å². The van der Waals surface area contributed by atoms with E-state index in [4.69, 9.17) is 0 Å². The van der Waals surface area contributed by atoms with Crippen molar-refractivity contribution in [3.05, 3.63) is 29.3 Å². The lowest BCUT2D eigenvalue weighted by Crippen LogP contribution is -2.10. The third kappa shape index (κ3) is 2.31. The highest BCUT2D eigenvalue weighted by atomic mass is 32.2.